The third kappa shape index (κ3) is 2.19. The first-order chi connectivity index (χ1) is 9.61. The summed E-state index contributed by atoms with van der Waals surface area (Å²) in [6.45, 7) is 0. The molecule has 0 aromatic heterocycles. The van der Waals surface area contributed by atoms with Crippen LogP contribution in [-0.4, -0.2) is 0 Å². The van der Waals surface area contributed by atoms with Gasteiger partial charge in [0.05, 0.1) is 15.4 Å². The molecule has 0 aliphatic heterocycles. The smallest absolute Gasteiger partial charge is 0.0619 e. The first-order valence-corrected chi connectivity index (χ1v) is 8.90. The number of hydrogen-bond donors (Lipinski definition) is 0. The maximum atomic E-state index is 6.87. The minimum Gasteiger partial charge on any atom is -0.117 e. The molecule has 0 heterocycles. The van der Waals surface area contributed by atoms with E-state index in [-0.39, 0.29) is 5.38 Å². The van der Waals surface area contributed by atoms with Gasteiger partial charge >= 0.3 is 0 Å². The molecular formula is C17H19Cl3. The molecule has 4 aliphatic carbocycles. The minimum atomic E-state index is 0.0970. The van der Waals surface area contributed by atoms with Crippen LogP contribution in [0.25, 0.3) is 0 Å². The maximum Gasteiger partial charge on any atom is 0.0619 e. The van der Waals surface area contributed by atoms with Crippen molar-refractivity contribution >= 4 is 34.8 Å². The lowest BCUT2D eigenvalue weighted by Crippen LogP contribution is -2.46. The lowest BCUT2D eigenvalue weighted by molar-refractivity contribution is -0.0381. The molecule has 3 heteroatoms. The third-order valence-corrected chi connectivity index (χ3v) is 7.18. The van der Waals surface area contributed by atoms with E-state index >= 15 is 0 Å². The summed E-state index contributed by atoms with van der Waals surface area (Å²) < 4.78 is 0. The molecule has 0 amide bonds. The molecule has 4 fully saturated rings. The van der Waals surface area contributed by atoms with Crippen LogP contribution in [0.4, 0.5) is 0 Å². The number of hydrogen-bond acceptors (Lipinski definition) is 0. The summed E-state index contributed by atoms with van der Waals surface area (Å²) in [6, 6.07) is 5.90. The van der Waals surface area contributed by atoms with Crippen molar-refractivity contribution in [3.8, 4) is 0 Å². The molecule has 0 spiro atoms. The molecule has 1 aromatic rings. The molecule has 4 saturated carbocycles. The van der Waals surface area contributed by atoms with Crippen LogP contribution >= 0.6 is 34.8 Å². The Morgan fingerprint density at radius 2 is 1.45 bits per heavy atom. The number of halogens is 3. The topological polar surface area (TPSA) is 0 Å². The Balaban J connectivity index is 1.62. The highest BCUT2D eigenvalue weighted by Crippen LogP contribution is 2.60. The number of benzene rings is 1. The van der Waals surface area contributed by atoms with Gasteiger partial charge in [-0.3, -0.25) is 0 Å². The molecule has 4 aliphatic rings. The van der Waals surface area contributed by atoms with Gasteiger partial charge in [-0.25, -0.2) is 0 Å². The summed E-state index contributed by atoms with van der Waals surface area (Å²) in [5, 5.41) is 1.34. The predicted molar refractivity (Wildman–Crippen MR) is 85.6 cm³/mol. The van der Waals surface area contributed by atoms with Gasteiger partial charge in [0.15, 0.2) is 0 Å². The van der Waals surface area contributed by atoms with Gasteiger partial charge in [0.2, 0.25) is 0 Å². The van der Waals surface area contributed by atoms with Gasteiger partial charge in [0.1, 0.15) is 0 Å². The highest BCUT2D eigenvalue weighted by molar-refractivity contribution is 6.42. The van der Waals surface area contributed by atoms with Crippen LogP contribution in [0.1, 0.15) is 43.0 Å². The molecule has 0 saturated heterocycles. The van der Waals surface area contributed by atoms with Gasteiger partial charge in [0, 0.05) is 0 Å². The van der Waals surface area contributed by atoms with Gasteiger partial charge in [0.25, 0.3) is 0 Å². The Hall–Kier alpha value is 0.0900. The largest absolute Gasteiger partial charge is 0.117 e. The van der Waals surface area contributed by atoms with Gasteiger partial charge in [-0.1, -0.05) is 29.3 Å². The van der Waals surface area contributed by atoms with Crippen molar-refractivity contribution in [2.24, 2.45) is 29.6 Å². The predicted octanol–water partition coefficient (Wildman–Crippen LogP) is 6.35. The highest BCUT2D eigenvalue weighted by atomic mass is 35.5. The van der Waals surface area contributed by atoms with Gasteiger partial charge in [-0.15, -0.1) is 11.6 Å². The van der Waals surface area contributed by atoms with E-state index in [0.717, 1.165) is 29.2 Å². The van der Waals surface area contributed by atoms with Crippen LogP contribution in [-0.2, 0) is 0 Å². The van der Waals surface area contributed by atoms with Crippen LogP contribution in [0.15, 0.2) is 18.2 Å². The standard InChI is InChI=1S/C17H19Cl3/c18-14-2-1-11(8-15(14)19)17(20)16-12-4-9-3-10(6-12)7-13(16)5-9/h1-2,8-10,12-13,16-17H,3-7H2. The van der Waals surface area contributed by atoms with Crippen molar-refractivity contribution in [3.63, 3.8) is 0 Å². The summed E-state index contributed by atoms with van der Waals surface area (Å²) in [5.74, 6) is 4.30. The quantitative estimate of drug-likeness (QED) is 0.555. The Bertz CT molecular complexity index is 497. The second-order valence-corrected chi connectivity index (χ2v) is 8.37. The second-order valence-electron chi connectivity index (χ2n) is 7.08. The molecule has 1 atom stereocenters. The molecule has 20 heavy (non-hydrogen) atoms. The summed E-state index contributed by atoms with van der Waals surface area (Å²) in [5.41, 5.74) is 1.15. The number of alkyl halides is 1. The average molecular weight is 330 g/mol. The molecule has 1 aromatic carbocycles. The molecule has 5 rings (SSSR count). The van der Waals surface area contributed by atoms with Crippen LogP contribution in [0.2, 0.25) is 10.0 Å². The first kappa shape index (κ1) is 13.7. The summed E-state index contributed by atoms with van der Waals surface area (Å²) in [6.07, 6.45) is 7.11. The Kier molecular flexibility index (Phi) is 3.48. The SMILES string of the molecule is Clc1ccc(C(Cl)C2C3CC4CC(C3)CC2C4)cc1Cl. The Morgan fingerprint density at radius 1 is 0.850 bits per heavy atom. The van der Waals surface area contributed by atoms with Crippen molar-refractivity contribution in [2.75, 3.05) is 0 Å². The van der Waals surface area contributed by atoms with Crippen molar-refractivity contribution in [3.05, 3.63) is 33.8 Å². The van der Waals surface area contributed by atoms with E-state index in [2.05, 4.69) is 6.07 Å². The Labute approximate surface area is 135 Å². The monoisotopic (exact) mass is 328 g/mol. The van der Waals surface area contributed by atoms with E-state index in [1.807, 2.05) is 12.1 Å². The zero-order chi connectivity index (χ0) is 13.9. The number of rotatable bonds is 2. The van der Waals surface area contributed by atoms with Crippen LogP contribution in [0.5, 0.6) is 0 Å². The van der Waals surface area contributed by atoms with E-state index in [0.29, 0.717) is 16.0 Å². The highest BCUT2D eigenvalue weighted by Gasteiger charge is 2.50. The minimum absolute atomic E-state index is 0.0970. The van der Waals surface area contributed by atoms with Gasteiger partial charge < -0.3 is 0 Å². The van der Waals surface area contributed by atoms with Gasteiger partial charge in [-0.2, -0.15) is 0 Å². The van der Waals surface area contributed by atoms with Crippen molar-refractivity contribution in [2.45, 2.75) is 37.5 Å². The zero-order valence-electron chi connectivity index (χ0n) is 11.4. The summed E-state index contributed by atoms with van der Waals surface area (Å²) >= 11 is 19.0. The molecule has 0 radical (unpaired) electrons. The van der Waals surface area contributed by atoms with Crippen molar-refractivity contribution in [1.29, 1.82) is 0 Å². The molecule has 1 unspecified atom stereocenters. The molecule has 0 nitrogen and oxygen atoms in total. The van der Waals surface area contributed by atoms with E-state index in [4.69, 9.17) is 34.8 Å². The third-order valence-electron chi connectivity index (χ3n) is 5.90. The molecule has 4 bridgehead atoms. The Morgan fingerprint density at radius 3 is 2.00 bits per heavy atom. The normalized spacial score (nSPS) is 40.0. The summed E-state index contributed by atoms with van der Waals surface area (Å²) in [7, 11) is 0. The van der Waals surface area contributed by atoms with Gasteiger partial charge in [-0.05, 0) is 79.4 Å². The lowest BCUT2D eigenvalue weighted by Gasteiger charge is -2.55. The van der Waals surface area contributed by atoms with Crippen molar-refractivity contribution < 1.29 is 0 Å². The molecule has 0 N–H and O–H groups in total. The maximum absolute atomic E-state index is 6.87. The van der Waals surface area contributed by atoms with E-state index < -0.39 is 0 Å². The molecule has 108 valence electrons. The fourth-order valence-corrected chi connectivity index (χ4v) is 6.21. The average Bonchev–Trinajstić information content (AvgIpc) is 2.40. The fraction of sp³-hybridized carbons (Fsp3) is 0.647. The lowest BCUT2D eigenvalue weighted by atomic mass is 9.51. The fourth-order valence-electron chi connectivity index (χ4n) is 5.35. The summed E-state index contributed by atoms with van der Waals surface area (Å²) in [4.78, 5) is 0. The van der Waals surface area contributed by atoms with Crippen molar-refractivity contribution in [1.82, 2.24) is 0 Å². The van der Waals surface area contributed by atoms with Crippen LogP contribution in [0, 0.1) is 29.6 Å². The van der Waals surface area contributed by atoms with E-state index in [1.54, 1.807) is 0 Å². The molecular weight excluding hydrogens is 311 g/mol. The zero-order valence-corrected chi connectivity index (χ0v) is 13.6. The van der Waals surface area contributed by atoms with E-state index in [9.17, 15) is 0 Å². The van der Waals surface area contributed by atoms with Crippen LogP contribution in [0.3, 0.4) is 0 Å². The first-order valence-electron chi connectivity index (χ1n) is 7.71. The van der Waals surface area contributed by atoms with E-state index in [1.165, 1.54) is 32.1 Å². The van der Waals surface area contributed by atoms with Crippen LogP contribution < -0.4 is 0 Å². The second kappa shape index (κ2) is 5.07.